The van der Waals surface area contributed by atoms with E-state index >= 15 is 0 Å². The zero-order valence-corrected chi connectivity index (χ0v) is 8.22. The van der Waals surface area contributed by atoms with Crippen molar-refractivity contribution in [2.75, 3.05) is 5.73 Å². The van der Waals surface area contributed by atoms with E-state index in [1.54, 1.807) is 12.4 Å². The van der Waals surface area contributed by atoms with Gasteiger partial charge in [-0.2, -0.15) is 0 Å². The molecule has 3 nitrogen and oxygen atoms in total. The van der Waals surface area contributed by atoms with E-state index in [9.17, 15) is 0 Å². The Hall–Kier alpha value is -1.90. The number of hydrogen-bond donors (Lipinski definition) is 1. The van der Waals surface area contributed by atoms with Crippen molar-refractivity contribution in [2.45, 2.75) is 12.3 Å². The highest BCUT2D eigenvalue weighted by Crippen LogP contribution is 2.37. The molecule has 0 saturated heterocycles. The molecule has 1 aliphatic carbocycles. The molecule has 1 aliphatic rings. The summed E-state index contributed by atoms with van der Waals surface area (Å²) < 4.78 is 0. The monoisotopic (exact) mass is 197 g/mol. The van der Waals surface area contributed by atoms with Crippen LogP contribution in [0.15, 0.2) is 36.7 Å². The fourth-order valence-corrected chi connectivity index (χ4v) is 2.02. The summed E-state index contributed by atoms with van der Waals surface area (Å²) in [6.07, 6.45) is 4.38. The Bertz CT molecular complexity index is 490. The average molecular weight is 197 g/mol. The first kappa shape index (κ1) is 8.41. The predicted molar refractivity (Wildman–Crippen MR) is 58.4 cm³/mol. The summed E-state index contributed by atoms with van der Waals surface area (Å²) >= 11 is 0. The summed E-state index contributed by atoms with van der Waals surface area (Å²) in [6.45, 7) is 0. The highest BCUT2D eigenvalue weighted by atomic mass is 14.9. The summed E-state index contributed by atoms with van der Waals surface area (Å²) in [5.41, 5.74) is 8.93. The first-order valence-corrected chi connectivity index (χ1v) is 5.00. The van der Waals surface area contributed by atoms with E-state index in [1.807, 2.05) is 0 Å². The van der Waals surface area contributed by atoms with Crippen LogP contribution >= 0.6 is 0 Å². The van der Waals surface area contributed by atoms with Crippen molar-refractivity contribution in [3.63, 3.8) is 0 Å². The second-order valence-electron chi connectivity index (χ2n) is 3.83. The Morgan fingerprint density at radius 1 is 1.13 bits per heavy atom. The number of rotatable bonds is 1. The lowest BCUT2D eigenvalue weighted by molar-refractivity contribution is 0.660. The van der Waals surface area contributed by atoms with E-state index in [1.165, 1.54) is 11.1 Å². The molecule has 0 aliphatic heterocycles. The fourth-order valence-electron chi connectivity index (χ4n) is 2.02. The largest absolute Gasteiger partial charge is 0.396 e. The lowest BCUT2D eigenvalue weighted by Crippen LogP contribution is -2.20. The fraction of sp³-hybridized carbons (Fsp3) is 0.167. The molecule has 1 aromatic heterocycles. The van der Waals surface area contributed by atoms with Crippen LogP contribution in [-0.4, -0.2) is 9.97 Å². The standard InChI is InChI=1S/C12H11N3/c13-9-6-14-12(15-7-9)11-5-8-3-1-2-4-10(8)11/h1-4,6-7,11H,5,13H2. The Kier molecular flexibility index (Phi) is 1.71. The zero-order valence-electron chi connectivity index (χ0n) is 8.22. The molecule has 1 atom stereocenters. The maximum Gasteiger partial charge on any atom is 0.136 e. The van der Waals surface area contributed by atoms with Crippen molar-refractivity contribution in [1.29, 1.82) is 0 Å². The highest BCUT2D eigenvalue weighted by molar-refractivity contribution is 5.44. The molecule has 0 radical (unpaired) electrons. The van der Waals surface area contributed by atoms with Gasteiger partial charge in [0.05, 0.1) is 18.1 Å². The minimum absolute atomic E-state index is 0.363. The maximum absolute atomic E-state index is 5.56. The van der Waals surface area contributed by atoms with Gasteiger partial charge in [-0.1, -0.05) is 24.3 Å². The molecule has 0 saturated carbocycles. The molecular weight excluding hydrogens is 186 g/mol. The Balaban J connectivity index is 1.96. The molecule has 3 heteroatoms. The average Bonchev–Trinajstić information content (AvgIpc) is 2.23. The van der Waals surface area contributed by atoms with Gasteiger partial charge in [0, 0.05) is 5.92 Å². The first-order chi connectivity index (χ1) is 7.34. The van der Waals surface area contributed by atoms with E-state index < -0.39 is 0 Å². The van der Waals surface area contributed by atoms with Crippen molar-refractivity contribution >= 4 is 5.69 Å². The summed E-state index contributed by atoms with van der Waals surface area (Å²) in [5, 5.41) is 0. The Morgan fingerprint density at radius 2 is 1.87 bits per heavy atom. The molecule has 2 aromatic rings. The van der Waals surface area contributed by atoms with Gasteiger partial charge in [-0.25, -0.2) is 9.97 Å². The second-order valence-corrected chi connectivity index (χ2v) is 3.83. The second kappa shape index (κ2) is 3.05. The van der Waals surface area contributed by atoms with Crippen molar-refractivity contribution in [3.8, 4) is 0 Å². The Labute approximate surface area is 88.0 Å². The van der Waals surface area contributed by atoms with Crippen LogP contribution in [0, 0.1) is 0 Å². The topological polar surface area (TPSA) is 51.8 Å². The summed E-state index contributed by atoms with van der Waals surface area (Å²) in [7, 11) is 0. The van der Waals surface area contributed by atoms with Gasteiger partial charge in [-0.3, -0.25) is 0 Å². The molecule has 1 heterocycles. The van der Waals surface area contributed by atoms with Gasteiger partial charge in [-0.05, 0) is 17.5 Å². The smallest absolute Gasteiger partial charge is 0.136 e. The van der Waals surface area contributed by atoms with Crippen LogP contribution in [0.5, 0.6) is 0 Å². The molecule has 0 bridgehead atoms. The molecular formula is C12H11N3. The van der Waals surface area contributed by atoms with Crippen molar-refractivity contribution in [3.05, 3.63) is 53.6 Å². The molecule has 1 unspecified atom stereocenters. The number of nitrogen functional groups attached to an aromatic ring is 1. The minimum Gasteiger partial charge on any atom is -0.396 e. The van der Waals surface area contributed by atoms with Crippen molar-refractivity contribution < 1.29 is 0 Å². The van der Waals surface area contributed by atoms with Crippen LogP contribution in [0.25, 0.3) is 0 Å². The number of fused-ring (bicyclic) bond motifs is 1. The van der Waals surface area contributed by atoms with E-state index in [0.717, 1.165) is 12.2 Å². The third kappa shape index (κ3) is 1.28. The number of aromatic nitrogens is 2. The van der Waals surface area contributed by atoms with Crippen molar-refractivity contribution in [1.82, 2.24) is 9.97 Å². The lowest BCUT2D eigenvalue weighted by atomic mass is 9.77. The van der Waals surface area contributed by atoms with Gasteiger partial charge in [-0.15, -0.1) is 0 Å². The van der Waals surface area contributed by atoms with Crippen LogP contribution in [0.3, 0.4) is 0 Å². The van der Waals surface area contributed by atoms with Crippen LogP contribution < -0.4 is 5.73 Å². The SMILES string of the molecule is Nc1cnc(C2Cc3ccccc32)nc1. The molecule has 1 aromatic carbocycles. The number of benzene rings is 1. The molecule has 74 valence electrons. The van der Waals surface area contributed by atoms with Crippen LogP contribution in [0.1, 0.15) is 22.9 Å². The summed E-state index contributed by atoms with van der Waals surface area (Å²) in [6, 6.07) is 8.42. The molecule has 3 rings (SSSR count). The van der Waals surface area contributed by atoms with Gasteiger partial charge in [0.1, 0.15) is 5.82 Å². The highest BCUT2D eigenvalue weighted by Gasteiger charge is 2.28. The van der Waals surface area contributed by atoms with Gasteiger partial charge in [0.15, 0.2) is 0 Å². The van der Waals surface area contributed by atoms with E-state index in [-0.39, 0.29) is 0 Å². The third-order valence-corrected chi connectivity index (χ3v) is 2.86. The Morgan fingerprint density at radius 3 is 2.60 bits per heavy atom. The molecule has 15 heavy (non-hydrogen) atoms. The van der Waals surface area contributed by atoms with Crippen molar-refractivity contribution in [2.24, 2.45) is 0 Å². The third-order valence-electron chi connectivity index (χ3n) is 2.86. The number of hydrogen-bond acceptors (Lipinski definition) is 3. The molecule has 0 fully saturated rings. The normalized spacial score (nSPS) is 18.0. The minimum atomic E-state index is 0.363. The van der Waals surface area contributed by atoms with Crippen LogP contribution in [-0.2, 0) is 6.42 Å². The van der Waals surface area contributed by atoms with Gasteiger partial charge >= 0.3 is 0 Å². The predicted octanol–water partition coefficient (Wildman–Crippen LogP) is 1.75. The zero-order chi connectivity index (χ0) is 10.3. The number of nitrogens with two attached hydrogens (primary N) is 1. The summed E-state index contributed by atoms with van der Waals surface area (Å²) in [4.78, 5) is 8.53. The van der Waals surface area contributed by atoms with Gasteiger partial charge < -0.3 is 5.73 Å². The van der Waals surface area contributed by atoms with Gasteiger partial charge in [0.25, 0.3) is 0 Å². The first-order valence-electron chi connectivity index (χ1n) is 5.00. The molecule has 2 N–H and O–H groups in total. The summed E-state index contributed by atoms with van der Waals surface area (Å²) in [5.74, 6) is 1.24. The molecule has 0 spiro atoms. The number of nitrogens with zero attached hydrogens (tertiary/aromatic N) is 2. The molecule has 0 amide bonds. The van der Waals surface area contributed by atoms with Gasteiger partial charge in [0.2, 0.25) is 0 Å². The number of anilines is 1. The van der Waals surface area contributed by atoms with E-state index in [4.69, 9.17) is 5.73 Å². The van der Waals surface area contributed by atoms with Crippen LogP contribution in [0.4, 0.5) is 5.69 Å². The van der Waals surface area contributed by atoms with Crippen LogP contribution in [0.2, 0.25) is 0 Å². The van der Waals surface area contributed by atoms with E-state index in [2.05, 4.69) is 34.2 Å². The quantitative estimate of drug-likeness (QED) is 0.757. The maximum atomic E-state index is 5.56. The van der Waals surface area contributed by atoms with E-state index in [0.29, 0.717) is 11.6 Å². The lowest BCUT2D eigenvalue weighted by Gasteiger charge is -2.28.